The van der Waals surface area contributed by atoms with E-state index >= 15 is 0 Å². The van der Waals surface area contributed by atoms with Gasteiger partial charge in [0.2, 0.25) is 15.9 Å². The van der Waals surface area contributed by atoms with Crippen LogP contribution in [-0.4, -0.2) is 68.9 Å². The zero-order valence-corrected chi connectivity index (χ0v) is 15.4. The second-order valence-corrected chi connectivity index (χ2v) is 7.98. The number of aliphatic hydroxyl groups is 2. The number of ether oxygens (including phenoxy) is 2. The van der Waals surface area contributed by atoms with E-state index in [0.717, 1.165) is 11.8 Å². The van der Waals surface area contributed by atoms with Gasteiger partial charge in [-0.05, 0) is 17.7 Å². The highest BCUT2D eigenvalue weighted by molar-refractivity contribution is 7.88. The van der Waals surface area contributed by atoms with Gasteiger partial charge in [-0.15, -0.1) is 0 Å². The Balaban J connectivity index is 1.82. The van der Waals surface area contributed by atoms with E-state index < -0.39 is 34.4 Å². The summed E-state index contributed by atoms with van der Waals surface area (Å²) < 4.78 is 34.9. The van der Waals surface area contributed by atoms with Crippen LogP contribution >= 0.6 is 0 Å². The van der Waals surface area contributed by atoms with Gasteiger partial charge < -0.3 is 25.0 Å². The molecule has 1 amide bonds. The predicted octanol–water partition coefficient (Wildman–Crippen LogP) is -1.26. The van der Waals surface area contributed by atoms with Crippen LogP contribution in [0.3, 0.4) is 0 Å². The summed E-state index contributed by atoms with van der Waals surface area (Å²) in [4.78, 5) is 12.1. The number of aliphatic hydroxyl groups excluding tert-OH is 2. The van der Waals surface area contributed by atoms with Gasteiger partial charge in [0, 0.05) is 13.1 Å². The molecule has 0 spiro atoms. The van der Waals surface area contributed by atoms with E-state index in [-0.39, 0.29) is 18.9 Å². The summed E-state index contributed by atoms with van der Waals surface area (Å²) >= 11 is 0. The third-order valence-electron chi connectivity index (χ3n) is 4.04. The monoisotopic (exact) mass is 388 g/mol. The molecule has 2 rings (SSSR count). The lowest BCUT2D eigenvalue weighted by Gasteiger charge is -2.14. The van der Waals surface area contributed by atoms with Crippen LogP contribution < -0.4 is 14.8 Å². The van der Waals surface area contributed by atoms with Crippen LogP contribution in [0.15, 0.2) is 24.3 Å². The molecule has 1 heterocycles. The van der Waals surface area contributed by atoms with Gasteiger partial charge in [0.05, 0.1) is 25.9 Å². The standard InChI is InChI=1S/C16H24N2O7S/c1-24-11-5-3-10(4-6-11)8-17-14(19)7-12-15(20)16(21)13(25-12)9-18-26(2,22)23/h3-6,12-13,15-16,18,20-21H,7-9H2,1-2H3,(H,17,19)/t12-,13-,15+,16-/m1/s1. The summed E-state index contributed by atoms with van der Waals surface area (Å²) in [5, 5.41) is 22.7. The molecule has 146 valence electrons. The Morgan fingerprint density at radius 2 is 1.81 bits per heavy atom. The van der Waals surface area contributed by atoms with Crippen molar-refractivity contribution in [2.45, 2.75) is 37.4 Å². The number of nitrogens with one attached hydrogen (secondary N) is 2. The molecule has 4 N–H and O–H groups in total. The first-order chi connectivity index (χ1) is 12.2. The second-order valence-electron chi connectivity index (χ2n) is 6.14. The predicted molar refractivity (Wildman–Crippen MR) is 93.0 cm³/mol. The maximum atomic E-state index is 12.1. The number of amides is 1. The van der Waals surface area contributed by atoms with E-state index in [0.29, 0.717) is 12.3 Å². The number of rotatable bonds is 8. The summed E-state index contributed by atoms with van der Waals surface area (Å²) in [6.45, 7) is 0.119. The first-order valence-electron chi connectivity index (χ1n) is 8.05. The smallest absolute Gasteiger partial charge is 0.222 e. The highest BCUT2D eigenvalue weighted by atomic mass is 32.2. The third-order valence-corrected chi connectivity index (χ3v) is 4.73. The van der Waals surface area contributed by atoms with E-state index in [1.807, 2.05) is 12.1 Å². The van der Waals surface area contributed by atoms with Gasteiger partial charge in [-0.2, -0.15) is 0 Å². The summed E-state index contributed by atoms with van der Waals surface area (Å²) in [7, 11) is -1.88. The Kier molecular flexibility index (Phi) is 6.95. The van der Waals surface area contributed by atoms with E-state index in [1.54, 1.807) is 19.2 Å². The summed E-state index contributed by atoms with van der Waals surface area (Å²) in [6.07, 6.45) is -3.54. The number of methoxy groups -OCH3 is 1. The molecule has 1 aromatic rings. The van der Waals surface area contributed by atoms with E-state index in [9.17, 15) is 23.4 Å². The Morgan fingerprint density at radius 1 is 1.19 bits per heavy atom. The Hall–Kier alpha value is -1.72. The molecule has 1 fully saturated rings. The van der Waals surface area contributed by atoms with Crippen LogP contribution in [0.25, 0.3) is 0 Å². The van der Waals surface area contributed by atoms with Crippen molar-refractivity contribution >= 4 is 15.9 Å². The fourth-order valence-corrected chi connectivity index (χ4v) is 3.06. The average Bonchev–Trinajstić information content (AvgIpc) is 2.86. The van der Waals surface area contributed by atoms with Crippen LogP contribution in [0, 0.1) is 0 Å². The minimum atomic E-state index is -3.45. The van der Waals surface area contributed by atoms with Crippen molar-refractivity contribution < 1.29 is 32.9 Å². The minimum Gasteiger partial charge on any atom is -0.497 e. The van der Waals surface area contributed by atoms with Crippen LogP contribution in [0.2, 0.25) is 0 Å². The van der Waals surface area contributed by atoms with Crippen molar-refractivity contribution in [2.24, 2.45) is 0 Å². The zero-order chi connectivity index (χ0) is 19.3. The molecule has 1 saturated heterocycles. The van der Waals surface area contributed by atoms with Crippen molar-refractivity contribution in [1.82, 2.24) is 10.0 Å². The first-order valence-corrected chi connectivity index (χ1v) is 9.94. The molecular formula is C16H24N2O7S. The second kappa shape index (κ2) is 8.78. The lowest BCUT2D eigenvalue weighted by atomic mass is 10.1. The Labute approximate surface area is 152 Å². The molecule has 10 heteroatoms. The lowest BCUT2D eigenvalue weighted by Crippen LogP contribution is -2.39. The molecule has 0 aromatic heterocycles. The average molecular weight is 388 g/mol. The highest BCUT2D eigenvalue weighted by Crippen LogP contribution is 2.23. The number of hydrogen-bond acceptors (Lipinski definition) is 7. The molecule has 0 saturated carbocycles. The highest BCUT2D eigenvalue weighted by Gasteiger charge is 2.43. The summed E-state index contributed by atoms with van der Waals surface area (Å²) in [5.41, 5.74) is 0.877. The number of benzene rings is 1. The number of carbonyl (C=O) groups excluding carboxylic acids is 1. The maximum Gasteiger partial charge on any atom is 0.222 e. The van der Waals surface area contributed by atoms with Gasteiger partial charge in [0.25, 0.3) is 0 Å². The molecule has 1 aromatic carbocycles. The van der Waals surface area contributed by atoms with Gasteiger partial charge in [0.15, 0.2) is 0 Å². The van der Waals surface area contributed by atoms with E-state index in [2.05, 4.69) is 10.0 Å². The zero-order valence-electron chi connectivity index (χ0n) is 14.6. The number of sulfonamides is 1. The van der Waals surface area contributed by atoms with Crippen molar-refractivity contribution in [3.8, 4) is 5.75 Å². The maximum absolute atomic E-state index is 12.1. The fraction of sp³-hybridized carbons (Fsp3) is 0.562. The van der Waals surface area contributed by atoms with E-state index in [4.69, 9.17) is 9.47 Å². The molecular weight excluding hydrogens is 364 g/mol. The molecule has 26 heavy (non-hydrogen) atoms. The lowest BCUT2D eigenvalue weighted by molar-refractivity contribution is -0.125. The molecule has 0 aliphatic carbocycles. The van der Waals surface area contributed by atoms with Crippen LogP contribution in [0.5, 0.6) is 5.75 Å². The largest absolute Gasteiger partial charge is 0.497 e. The van der Waals surface area contributed by atoms with Crippen molar-refractivity contribution in [1.29, 1.82) is 0 Å². The van der Waals surface area contributed by atoms with Crippen LogP contribution in [-0.2, 0) is 26.1 Å². The van der Waals surface area contributed by atoms with Gasteiger partial charge >= 0.3 is 0 Å². The molecule has 0 bridgehead atoms. The van der Waals surface area contributed by atoms with Gasteiger partial charge in [-0.3, -0.25) is 4.79 Å². The molecule has 9 nitrogen and oxygen atoms in total. The molecule has 4 atom stereocenters. The van der Waals surface area contributed by atoms with Crippen molar-refractivity contribution in [3.63, 3.8) is 0 Å². The first kappa shape index (κ1) is 20.6. The summed E-state index contributed by atoms with van der Waals surface area (Å²) in [5.74, 6) is 0.360. The molecule has 1 aliphatic heterocycles. The van der Waals surface area contributed by atoms with Crippen LogP contribution in [0.4, 0.5) is 0 Å². The fourth-order valence-electron chi connectivity index (χ4n) is 2.60. The topological polar surface area (TPSA) is 134 Å². The quantitative estimate of drug-likeness (QED) is 0.437. The van der Waals surface area contributed by atoms with Gasteiger partial charge in [-0.25, -0.2) is 13.1 Å². The Morgan fingerprint density at radius 3 is 2.38 bits per heavy atom. The minimum absolute atomic E-state index is 0.149. The molecule has 0 unspecified atom stereocenters. The number of carbonyl (C=O) groups is 1. The van der Waals surface area contributed by atoms with E-state index in [1.165, 1.54) is 0 Å². The van der Waals surface area contributed by atoms with Crippen LogP contribution in [0.1, 0.15) is 12.0 Å². The van der Waals surface area contributed by atoms with Gasteiger partial charge in [-0.1, -0.05) is 12.1 Å². The Bertz CT molecular complexity index is 708. The summed E-state index contributed by atoms with van der Waals surface area (Å²) in [6, 6.07) is 7.19. The number of hydrogen-bond donors (Lipinski definition) is 4. The third kappa shape index (κ3) is 5.92. The van der Waals surface area contributed by atoms with Crippen molar-refractivity contribution in [3.05, 3.63) is 29.8 Å². The normalized spacial score (nSPS) is 25.8. The van der Waals surface area contributed by atoms with Gasteiger partial charge in [0.1, 0.15) is 24.1 Å². The molecule has 1 aliphatic rings. The van der Waals surface area contributed by atoms with Crippen molar-refractivity contribution in [2.75, 3.05) is 19.9 Å². The SMILES string of the molecule is COc1ccc(CNC(=O)C[C@H]2O[C@H](CNS(C)(=O)=O)[C@@H](O)[C@H]2O)cc1. The molecule has 0 radical (unpaired) electrons.